The average Bonchev–Trinajstić information content (AvgIpc) is 3.44. The number of carbonyl (C=O) groups is 2. The fourth-order valence-corrected chi connectivity index (χ4v) is 5.29. The van der Waals surface area contributed by atoms with E-state index in [-0.39, 0.29) is 23.6 Å². The molecular weight excluding hydrogens is 494 g/mol. The molecule has 168 valence electrons. The van der Waals surface area contributed by atoms with Gasteiger partial charge in [-0.05, 0) is 43.5 Å². The lowest BCUT2D eigenvalue weighted by Crippen LogP contribution is -2.25. The molecule has 1 fully saturated rings. The van der Waals surface area contributed by atoms with Gasteiger partial charge in [0.15, 0.2) is 5.69 Å². The second-order valence-corrected chi connectivity index (χ2v) is 9.65. The van der Waals surface area contributed by atoms with Crippen LogP contribution in [0, 0.1) is 5.92 Å². The molecule has 0 unspecified atom stereocenters. The number of rotatable bonds is 7. The molecule has 4 rings (SSSR count). The number of hydrogen-bond donors (Lipinski definition) is 1. The number of benzene rings is 1. The molecule has 0 bridgehead atoms. The van der Waals surface area contributed by atoms with Crippen LogP contribution in [0.3, 0.4) is 0 Å². The Hall–Kier alpha value is -2.52. The van der Waals surface area contributed by atoms with Crippen molar-refractivity contribution >= 4 is 54.9 Å². The normalized spacial score (nSPS) is 14.1. The van der Waals surface area contributed by atoms with Crippen molar-refractivity contribution < 1.29 is 14.3 Å². The molecule has 0 spiro atoms. The molecule has 32 heavy (non-hydrogen) atoms. The molecule has 0 atom stereocenters. The fourth-order valence-electron chi connectivity index (χ4n) is 4.07. The van der Waals surface area contributed by atoms with E-state index < -0.39 is 11.5 Å². The van der Waals surface area contributed by atoms with Crippen molar-refractivity contribution in [2.45, 2.75) is 45.4 Å². The van der Waals surface area contributed by atoms with Gasteiger partial charge in [0, 0.05) is 21.7 Å². The maximum absolute atomic E-state index is 13.4. The van der Waals surface area contributed by atoms with Gasteiger partial charge < -0.3 is 10.1 Å². The van der Waals surface area contributed by atoms with Crippen LogP contribution in [0.5, 0.6) is 0 Å². The van der Waals surface area contributed by atoms with E-state index in [1.165, 1.54) is 41.7 Å². The Morgan fingerprint density at radius 1 is 1.25 bits per heavy atom. The lowest BCUT2D eigenvalue weighted by molar-refractivity contribution is -0.116. The zero-order valence-electron chi connectivity index (χ0n) is 17.7. The second-order valence-electron chi connectivity index (χ2n) is 7.85. The van der Waals surface area contributed by atoms with E-state index in [0.29, 0.717) is 28.4 Å². The zero-order chi connectivity index (χ0) is 22.7. The minimum atomic E-state index is -0.611. The van der Waals surface area contributed by atoms with E-state index in [4.69, 9.17) is 4.74 Å². The maximum Gasteiger partial charge on any atom is 0.359 e. The molecule has 2 aromatic heterocycles. The van der Waals surface area contributed by atoms with Crippen molar-refractivity contribution in [1.29, 1.82) is 0 Å². The van der Waals surface area contributed by atoms with Crippen LogP contribution >= 0.6 is 27.3 Å². The molecule has 1 N–H and O–H groups in total. The number of thiophene rings is 1. The quantitative estimate of drug-likeness (QED) is 0.429. The number of nitrogens with one attached hydrogen (secondary N) is 1. The summed E-state index contributed by atoms with van der Waals surface area (Å²) >= 11 is 4.60. The minimum absolute atomic E-state index is 0.0482. The van der Waals surface area contributed by atoms with Crippen molar-refractivity contribution in [3.8, 4) is 5.69 Å². The number of fused-ring (bicyclic) bond motifs is 1. The highest BCUT2D eigenvalue weighted by Gasteiger charge is 2.23. The van der Waals surface area contributed by atoms with Crippen molar-refractivity contribution in [3.63, 3.8) is 0 Å². The number of anilines is 1. The lowest BCUT2D eigenvalue weighted by Gasteiger charge is -2.11. The number of carbonyl (C=O) groups excluding carboxylic acids is 2. The Balaban J connectivity index is 1.72. The molecule has 2 heterocycles. The summed E-state index contributed by atoms with van der Waals surface area (Å²) in [5.74, 6) is -0.125. The molecule has 0 aliphatic heterocycles. The summed E-state index contributed by atoms with van der Waals surface area (Å²) in [5, 5.41) is 9.96. The predicted molar refractivity (Wildman–Crippen MR) is 129 cm³/mol. The monoisotopic (exact) mass is 517 g/mol. The number of aromatic nitrogens is 2. The summed E-state index contributed by atoms with van der Waals surface area (Å²) in [4.78, 5) is 38.6. The number of amides is 1. The standard InChI is InChI=1S/C23H24BrN3O4S/c1-2-31-23(30)20-17-13-32-21(25-18(28)12-7-14-5-3-4-6-14)19(17)22(29)27(26-20)16-10-8-15(24)9-11-16/h8-11,13-14H,2-7,12H2,1H3,(H,25,28). The second kappa shape index (κ2) is 9.95. The summed E-state index contributed by atoms with van der Waals surface area (Å²) in [6.45, 7) is 1.90. The molecule has 1 aromatic carbocycles. The number of esters is 1. The van der Waals surface area contributed by atoms with Gasteiger partial charge in [-0.3, -0.25) is 9.59 Å². The number of halogens is 1. The first-order valence-corrected chi connectivity index (χ1v) is 12.4. The Bertz CT molecular complexity index is 1200. The molecule has 0 radical (unpaired) electrons. The minimum Gasteiger partial charge on any atom is -0.461 e. The third-order valence-electron chi connectivity index (χ3n) is 5.70. The fraction of sp³-hybridized carbons (Fsp3) is 0.391. The molecule has 9 heteroatoms. The van der Waals surface area contributed by atoms with Gasteiger partial charge in [0.05, 0.1) is 17.7 Å². The summed E-state index contributed by atoms with van der Waals surface area (Å²) in [6.07, 6.45) is 6.11. The predicted octanol–water partition coefficient (Wildman–Crippen LogP) is 5.30. The van der Waals surface area contributed by atoms with Gasteiger partial charge in [0.25, 0.3) is 5.56 Å². The van der Waals surface area contributed by atoms with Crippen LogP contribution < -0.4 is 10.9 Å². The van der Waals surface area contributed by atoms with E-state index >= 15 is 0 Å². The first-order valence-electron chi connectivity index (χ1n) is 10.8. The van der Waals surface area contributed by atoms with Crippen LogP contribution in [0.15, 0.2) is 38.9 Å². The molecular formula is C23H24BrN3O4S. The van der Waals surface area contributed by atoms with Crippen LogP contribution in [0.4, 0.5) is 5.00 Å². The first-order chi connectivity index (χ1) is 15.5. The third-order valence-corrected chi connectivity index (χ3v) is 7.12. The van der Waals surface area contributed by atoms with Crippen LogP contribution in [-0.2, 0) is 9.53 Å². The largest absolute Gasteiger partial charge is 0.461 e. The molecule has 0 saturated heterocycles. The smallest absolute Gasteiger partial charge is 0.359 e. The first kappa shape index (κ1) is 22.7. The Morgan fingerprint density at radius 2 is 1.97 bits per heavy atom. The molecule has 1 amide bonds. The highest BCUT2D eigenvalue weighted by molar-refractivity contribution is 9.10. The van der Waals surface area contributed by atoms with Crippen LogP contribution in [-0.4, -0.2) is 28.3 Å². The number of nitrogens with zero attached hydrogens (tertiary/aromatic N) is 2. The van der Waals surface area contributed by atoms with Gasteiger partial charge in [0.2, 0.25) is 5.91 Å². The van der Waals surface area contributed by atoms with Gasteiger partial charge in [0.1, 0.15) is 5.00 Å². The topological polar surface area (TPSA) is 90.3 Å². The van der Waals surface area contributed by atoms with Crippen molar-refractivity contribution in [1.82, 2.24) is 9.78 Å². The molecule has 1 aliphatic carbocycles. The molecule has 7 nitrogen and oxygen atoms in total. The Labute approximate surface area is 197 Å². The van der Waals surface area contributed by atoms with E-state index in [1.54, 1.807) is 36.6 Å². The zero-order valence-corrected chi connectivity index (χ0v) is 20.1. The van der Waals surface area contributed by atoms with E-state index in [9.17, 15) is 14.4 Å². The third kappa shape index (κ3) is 4.78. The van der Waals surface area contributed by atoms with Gasteiger partial charge in [-0.25, -0.2) is 4.79 Å². The Morgan fingerprint density at radius 3 is 2.66 bits per heavy atom. The van der Waals surface area contributed by atoms with Gasteiger partial charge in [-0.2, -0.15) is 9.78 Å². The van der Waals surface area contributed by atoms with Crippen LogP contribution in [0.1, 0.15) is 55.9 Å². The average molecular weight is 518 g/mol. The van der Waals surface area contributed by atoms with Crippen molar-refractivity contribution in [2.75, 3.05) is 11.9 Å². The highest BCUT2D eigenvalue weighted by atomic mass is 79.9. The SMILES string of the molecule is CCOC(=O)c1nn(-c2ccc(Br)cc2)c(=O)c2c(NC(=O)CCC3CCCC3)scc12. The van der Waals surface area contributed by atoms with Crippen LogP contribution in [0.25, 0.3) is 16.5 Å². The lowest BCUT2D eigenvalue weighted by atomic mass is 10.0. The van der Waals surface area contributed by atoms with Gasteiger partial charge >= 0.3 is 5.97 Å². The summed E-state index contributed by atoms with van der Waals surface area (Å²) in [6, 6.07) is 7.03. The maximum atomic E-state index is 13.4. The van der Waals surface area contributed by atoms with Gasteiger partial charge in [-0.1, -0.05) is 41.6 Å². The highest BCUT2D eigenvalue weighted by Crippen LogP contribution is 2.32. The molecule has 1 saturated carbocycles. The van der Waals surface area contributed by atoms with Gasteiger partial charge in [-0.15, -0.1) is 11.3 Å². The van der Waals surface area contributed by atoms with Crippen LogP contribution in [0.2, 0.25) is 0 Å². The van der Waals surface area contributed by atoms with Crippen molar-refractivity contribution in [3.05, 3.63) is 50.2 Å². The summed E-state index contributed by atoms with van der Waals surface area (Å²) in [7, 11) is 0. The summed E-state index contributed by atoms with van der Waals surface area (Å²) in [5.41, 5.74) is 0.158. The number of ether oxygens (including phenoxy) is 1. The van der Waals surface area contributed by atoms with Crippen molar-refractivity contribution in [2.24, 2.45) is 5.92 Å². The van der Waals surface area contributed by atoms with E-state index in [2.05, 4.69) is 26.3 Å². The Kier molecular flexibility index (Phi) is 7.05. The molecule has 1 aliphatic rings. The van der Waals surface area contributed by atoms with E-state index in [1.807, 2.05) is 0 Å². The molecule has 3 aromatic rings. The number of hydrogen-bond acceptors (Lipinski definition) is 6. The van der Waals surface area contributed by atoms with E-state index in [0.717, 1.165) is 10.9 Å². The summed E-state index contributed by atoms with van der Waals surface area (Å²) < 4.78 is 7.20.